The van der Waals surface area contributed by atoms with Crippen LogP contribution in [-0.2, 0) is 9.59 Å². The number of carbonyl (C=O) groups excluding carboxylic acids is 3. The average Bonchev–Trinajstić information content (AvgIpc) is 3.11. The Labute approximate surface area is 173 Å². The smallest absolute Gasteiger partial charge is 0.289 e. The molecule has 0 aliphatic carbocycles. The van der Waals surface area contributed by atoms with Crippen molar-refractivity contribution in [3.05, 3.63) is 54.6 Å². The minimum atomic E-state index is -0.165. The molecule has 3 amide bonds. The highest BCUT2D eigenvalue weighted by Crippen LogP contribution is 2.27. The summed E-state index contributed by atoms with van der Waals surface area (Å²) in [5.74, 6) is 0.684. The molecule has 29 heavy (non-hydrogen) atoms. The first-order valence-corrected chi connectivity index (χ1v) is 10.7. The number of carbonyl (C=O) groups is 3. The van der Waals surface area contributed by atoms with Gasteiger partial charge in [-0.3, -0.25) is 19.3 Å². The number of thioether (sulfide) groups is 1. The molecule has 2 aromatic rings. The third kappa shape index (κ3) is 4.45. The molecular weight excluding hydrogens is 388 g/mol. The molecule has 0 aromatic heterocycles. The zero-order valence-electron chi connectivity index (χ0n) is 16.0. The van der Waals surface area contributed by atoms with E-state index in [0.717, 1.165) is 22.9 Å². The van der Waals surface area contributed by atoms with E-state index in [0.29, 0.717) is 31.7 Å². The maximum Gasteiger partial charge on any atom is 0.289 e. The summed E-state index contributed by atoms with van der Waals surface area (Å²) in [6.45, 7) is 1.04. The minimum Gasteiger partial charge on any atom is -0.484 e. The lowest BCUT2D eigenvalue weighted by molar-refractivity contribution is -0.135. The first-order valence-electron chi connectivity index (χ1n) is 9.67. The lowest BCUT2D eigenvalue weighted by atomic mass is 10.0. The van der Waals surface area contributed by atoms with E-state index >= 15 is 0 Å². The number of nitrogens with zero attached hydrogens (tertiary/aromatic N) is 2. The molecule has 150 valence electrons. The second-order valence-electron chi connectivity index (χ2n) is 7.11. The van der Waals surface area contributed by atoms with Crippen LogP contribution in [0.2, 0.25) is 0 Å². The van der Waals surface area contributed by atoms with Gasteiger partial charge in [0.05, 0.1) is 5.75 Å². The quantitative estimate of drug-likeness (QED) is 0.756. The number of imide groups is 1. The molecule has 6 nitrogen and oxygen atoms in total. The summed E-state index contributed by atoms with van der Waals surface area (Å²) in [4.78, 5) is 39.3. The first kappa shape index (κ1) is 19.5. The Morgan fingerprint density at radius 2 is 1.62 bits per heavy atom. The van der Waals surface area contributed by atoms with E-state index in [1.165, 1.54) is 4.90 Å². The number of rotatable bonds is 5. The number of ether oxygens (including phenoxy) is 1. The third-order valence-electron chi connectivity index (χ3n) is 5.29. The van der Waals surface area contributed by atoms with Crippen LogP contribution < -0.4 is 4.74 Å². The molecule has 2 aliphatic rings. The van der Waals surface area contributed by atoms with E-state index in [2.05, 4.69) is 0 Å². The summed E-state index contributed by atoms with van der Waals surface area (Å²) in [5, 5.41) is -0.165. The Bertz CT molecular complexity index is 877. The Kier molecular flexibility index (Phi) is 5.85. The van der Waals surface area contributed by atoms with Gasteiger partial charge in [0, 0.05) is 19.1 Å². The summed E-state index contributed by atoms with van der Waals surface area (Å²) >= 11 is 1.06. The van der Waals surface area contributed by atoms with Crippen molar-refractivity contribution in [2.24, 2.45) is 0 Å². The number of likely N-dealkylation sites (tertiary alicyclic amines) is 1. The lowest BCUT2D eigenvalue weighted by Crippen LogP contribution is -2.49. The summed E-state index contributed by atoms with van der Waals surface area (Å²) in [7, 11) is 0. The maximum absolute atomic E-state index is 12.5. The molecule has 0 unspecified atom stereocenters. The van der Waals surface area contributed by atoms with Crippen molar-refractivity contribution in [1.29, 1.82) is 0 Å². The van der Waals surface area contributed by atoms with Crippen LogP contribution >= 0.6 is 11.8 Å². The van der Waals surface area contributed by atoms with Gasteiger partial charge in [-0.25, -0.2) is 0 Å². The first-order chi connectivity index (χ1) is 14.1. The van der Waals surface area contributed by atoms with Crippen LogP contribution in [0.3, 0.4) is 0 Å². The zero-order valence-corrected chi connectivity index (χ0v) is 16.8. The van der Waals surface area contributed by atoms with Gasteiger partial charge in [0.25, 0.3) is 11.1 Å². The number of hydrogen-bond donors (Lipinski definition) is 0. The van der Waals surface area contributed by atoms with E-state index in [1.54, 1.807) is 4.90 Å². The molecule has 0 saturated carbocycles. The van der Waals surface area contributed by atoms with Gasteiger partial charge in [0.2, 0.25) is 5.91 Å². The van der Waals surface area contributed by atoms with Crippen molar-refractivity contribution in [2.45, 2.75) is 18.9 Å². The van der Waals surface area contributed by atoms with Gasteiger partial charge in [-0.15, -0.1) is 0 Å². The Morgan fingerprint density at radius 3 is 2.24 bits per heavy atom. The van der Waals surface area contributed by atoms with Crippen molar-refractivity contribution in [1.82, 2.24) is 9.80 Å². The van der Waals surface area contributed by atoms with Crippen LogP contribution in [0.4, 0.5) is 4.79 Å². The molecule has 4 rings (SSSR count). The van der Waals surface area contributed by atoms with Crippen molar-refractivity contribution in [3.8, 4) is 16.9 Å². The van der Waals surface area contributed by atoms with Gasteiger partial charge < -0.3 is 9.64 Å². The van der Waals surface area contributed by atoms with Crippen LogP contribution in [0, 0.1) is 0 Å². The van der Waals surface area contributed by atoms with E-state index in [9.17, 15) is 14.4 Å². The fraction of sp³-hybridized carbons (Fsp3) is 0.318. The van der Waals surface area contributed by atoms with Crippen LogP contribution in [-0.4, -0.2) is 58.3 Å². The van der Waals surface area contributed by atoms with E-state index in [4.69, 9.17) is 4.74 Å². The fourth-order valence-electron chi connectivity index (χ4n) is 3.70. The fourth-order valence-corrected chi connectivity index (χ4v) is 4.48. The van der Waals surface area contributed by atoms with Gasteiger partial charge in [-0.05, 0) is 36.1 Å². The summed E-state index contributed by atoms with van der Waals surface area (Å²) in [6, 6.07) is 17.7. The van der Waals surface area contributed by atoms with Gasteiger partial charge in [-0.1, -0.05) is 54.2 Å². The molecule has 0 N–H and O–H groups in total. The predicted molar refractivity (Wildman–Crippen MR) is 112 cm³/mol. The standard InChI is InChI=1S/C22H22N2O4S/c25-20(23-12-10-18(11-13-23)24-21(26)15-29-22(24)27)14-28-19-8-6-17(7-9-19)16-4-2-1-3-5-16/h1-9,18H,10-15H2. The van der Waals surface area contributed by atoms with Crippen LogP contribution in [0.15, 0.2) is 54.6 Å². The average molecular weight is 410 g/mol. The van der Waals surface area contributed by atoms with Gasteiger partial charge in [0.15, 0.2) is 6.61 Å². The number of benzene rings is 2. The molecule has 2 aliphatic heterocycles. The molecule has 2 fully saturated rings. The monoisotopic (exact) mass is 410 g/mol. The number of amides is 3. The molecule has 0 spiro atoms. The molecule has 0 bridgehead atoms. The Balaban J connectivity index is 1.26. The van der Waals surface area contributed by atoms with E-state index in [-0.39, 0.29) is 35.5 Å². The SMILES string of the molecule is O=C(COc1ccc(-c2ccccc2)cc1)N1CCC(N2C(=O)CSC2=O)CC1. The summed E-state index contributed by atoms with van der Waals surface area (Å²) < 4.78 is 5.66. The van der Waals surface area contributed by atoms with Crippen molar-refractivity contribution in [2.75, 3.05) is 25.4 Å². The van der Waals surface area contributed by atoms with Crippen LogP contribution in [0.5, 0.6) is 5.75 Å². The normalized spacial score (nSPS) is 17.7. The zero-order chi connectivity index (χ0) is 20.2. The highest BCUT2D eigenvalue weighted by molar-refractivity contribution is 8.14. The topological polar surface area (TPSA) is 66.9 Å². The Morgan fingerprint density at radius 1 is 0.966 bits per heavy atom. The minimum absolute atomic E-state index is 0.0211. The second-order valence-corrected chi connectivity index (χ2v) is 8.04. The van der Waals surface area contributed by atoms with Crippen molar-refractivity contribution < 1.29 is 19.1 Å². The molecule has 0 atom stereocenters. The number of piperidine rings is 1. The third-order valence-corrected chi connectivity index (χ3v) is 6.13. The molecule has 0 radical (unpaired) electrons. The van der Waals surface area contributed by atoms with Crippen molar-refractivity contribution >= 4 is 28.8 Å². The van der Waals surface area contributed by atoms with Crippen molar-refractivity contribution in [3.63, 3.8) is 0 Å². The molecule has 2 aromatic carbocycles. The molecule has 2 saturated heterocycles. The van der Waals surface area contributed by atoms with Gasteiger partial charge >= 0.3 is 0 Å². The maximum atomic E-state index is 12.5. The largest absolute Gasteiger partial charge is 0.484 e. The lowest BCUT2D eigenvalue weighted by Gasteiger charge is -2.35. The Hall–Kier alpha value is -2.80. The second kappa shape index (κ2) is 8.69. The van der Waals surface area contributed by atoms with Crippen LogP contribution in [0.25, 0.3) is 11.1 Å². The molecular formula is C22H22N2O4S. The molecule has 2 heterocycles. The van der Waals surface area contributed by atoms with Gasteiger partial charge in [-0.2, -0.15) is 0 Å². The summed E-state index contributed by atoms with van der Waals surface area (Å²) in [6.07, 6.45) is 1.24. The van der Waals surface area contributed by atoms with Gasteiger partial charge in [0.1, 0.15) is 5.75 Å². The van der Waals surface area contributed by atoms with E-state index < -0.39 is 0 Å². The predicted octanol–water partition coefficient (Wildman–Crippen LogP) is 3.42. The molecule has 7 heteroatoms. The van der Waals surface area contributed by atoms with E-state index in [1.807, 2.05) is 54.6 Å². The van der Waals surface area contributed by atoms with Crippen LogP contribution in [0.1, 0.15) is 12.8 Å². The highest BCUT2D eigenvalue weighted by atomic mass is 32.2. The number of hydrogen-bond acceptors (Lipinski definition) is 5. The highest BCUT2D eigenvalue weighted by Gasteiger charge is 2.37. The summed E-state index contributed by atoms with van der Waals surface area (Å²) in [5.41, 5.74) is 2.22.